The van der Waals surface area contributed by atoms with E-state index in [1.807, 2.05) is 27.7 Å². The Morgan fingerprint density at radius 1 is 1.32 bits per heavy atom. The summed E-state index contributed by atoms with van der Waals surface area (Å²) in [7, 11) is -3.33. The minimum absolute atomic E-state index is 0.0735. The zero-order valence-electron chi connectivity index (χ0n) is 13.9. The molecular formula is C13H28N2O6S. The Hall–Kier alpha value is -0.740. The fourth-order valence-corrected chi connectivity index (χ4v) is 1.72. The summed E-state index contributed by atoms with van der Waals surface area (Å²) in [6, 6.07) is 0. The van der Waals surface area contributed by atoms with Gasteiger partial charge in [-0.3, -0.25) is 4.79 Å². The predicted molar refractivity (Wildman–Crippen MR) is 82.6 cm³/mol. The maximum absolute atomic E-state index is 11.2. The van der Waals surface area contributed by atoms with Crippen molar-refractivity contribution >= 4 is 16.0 Å². The first-order valence-corrected chi connectivity index (χ1v) is 8.88. The number of rotatable bonds is 10. The third kappa shape index (κ3) is 10.9. The standard InChI is InChI=1S/C13H28N2O6S/c1-10(13(2,3)4)21-11(7-15-22(5,17)18)8-19-9-20-12(16)6-14/h10-11,15H,6-9,14H2,1-5H3/t10-,11-/m0/s1. The van der Waals surface area contributed by atoms with Crippen molar-refractivity contribution in [2.24, 2.45) is 11.1 Å². The Labute approximate surface area is 132 Å². The van der Waals surface area contributed by atoms with E-state index < -0.39 is 22.1 Å². The second kappa shape index (κ2) is 9.41. The maximum Gasteiger partial charge on any atom is 0.321 e. The summed E-state index contributed by atoms with van der Waals surface area (Å²) in [4.78, 5) is 10.9. The van der Waals surface area contributed by atoms with Gasteiger partial charge in [-0.05, 0) is 12.3 Å². The number of sulfonamides is 1. The summed E-state index contributed by atoms with van der Waals surface area (Å²) < 4.78 is 40.4. The minimum Gasteiger partial charge on any atom is -0.438 e. The second-order valence-corrected chi connectivity index (χ2v) is 7.93. The highest BCUT2D eigenvalue weighted by Gasteiger charge is 2.25. The van der Waals surface area contributed by atoms with Crippen molar-refractivity contribution in [1.82, 2.24) is 4.72 Å². The molecule has 0 aliphatic rings. The minimum atomic E-state index is -3.33. The topological polar surface area (TPSA) is 117 Å². The Kier molecular flexibility index (Phi) is 9.09. The number of hydrogen-bond donors (Lipinski definition) is 2. The highest BCUT2D eigenvalue weighted by atomic mass is 32.2. The number of carbonyl (C=O) groups excluding carboxylic acids is 1. The lowest BCUT2D eigenvalue weighted by Crippen LogP contribution is -2.40. The Morgan fingerprint density at radius 2 is 1.91 bits per heavy atom. The van der Waals surface area contributed by atoms with Crippen LogP contribution in [0.15, 0.2) is 0 Å². The highest BCUT2D eigenvalue weighted by Crippen LogP contribution is 2.22. The van der Waals surface area contributed by atoms with E-state index in [0.717, 1.165) is 6.26 Å². The molecule has 0 saturated carbocycles. The quantitative estimate of drug-likeness (QED) is 0.322. The van der Waals surface area contributed by atoms with E-state index in [0.29, 0.717) is 0 Å². The molecule has 132 valence electrons. The van der Waals surface area contributed by atoms with E-state index in [9.17, 15) is 13.2 Å². The van der Waals surface area contributed by atoms with Crippen LogP contribution >= 0.6 is 0 Å². The molecule has 22 heavy (non-hydrogen) atoms. The monoisotopic (exact) mass is 340 g/mol. The molecule has 0 amide bonds. The van der Waals surface area contributed by atoms with Crippen molar-refractivity contribution in [3.8, 4) is 0 Å². The van der Waals surface area contributed by atoms with Gasteiger partial charge in [-0.25, -0.2) is 13.1 Å². The number of nitrogens with two attached hydrogens (primary N) is 1. The van der Waals surface area contributed by atoms with Gasteiger partial charge >= 0.3 is 5.97 Å². The molecule has 3 N–H and O–H groups in total. The highest BCUT2D eigenvalue weighted by molar-refractivity contribution is 7.88. The second-order valence-electron chi connectivity index (χ2n) is 6.10. The maximum atomic E-state index is 11.2. The molecule has 0 aliphatic carbocycles. The molecule has 0 aromatic rings. The van der Waals surface area contributed by atoms with Gasteiger partial charge in [0.25, 0.3) is 0 Å². The first kappa shape index (κ1) is 21.3. The summed E-state index contributed by atoms with van der Waals surface area (Å²) in [5, 5.41) is 0. The van der Waals surface area contributed by atoms with Crippen LogP contribution in [-0.4, -0.2) is 59.3 Å². The molecule has 0 unspecified atom stereocenters. The Balaban J connectivity index is 4.42. The fourth-order valence-electron chi connectivity index (χ4n) is 1.23. The van der Waals surface area contributed by atoms with Crippen molar-refractivity contribution in [3.05, 3.63) is 0 Å². The lowest BCUT2D eigenvalue weighted by Gasteiger charge is -2.31. The summed E-state index contributed by atoms with van der Waals surface area (Å²) in [6.45, 7) is 7.64. The molecule has 0 aliphatic heterocycles. The first-order valence-electron chi connectivity index (χ1n) is 6.99. The van der Waals surface area contributed by atoms with Gasteiger partial charge in [0, 0.05) is 6.54 Å². The van der Waals surface area contributed by atoms with Crippen LogP contribution in [-0.2, 0) is 29.0 Å². The lowest BCUT2D eigenvalue weighted by atomic mass is 9.90. The van der Waals surface area contributed by atoms with Crippen molar-refractivity contribution < 1.29 is 27.4 Å². The van der Waals surface area contributed by atoms with Crippen LogP contribution in [0.1, 0.15) is 27.7 Å². The van der Waals surface area contributed by atoms with Crippen molar-refractivity contribution in [2.75, 3.05) is 32.7 Å². The summed E-state index contributed by atoms with van der Waals surface area (Å²) in [5.74, 6) is -0.574. The molecule has 0 aromatic heterocycles. The SMILES string of the molecule is C[C@H](O[C@@H](CNS(C)(=O)=O)COCOC(=O)CN)C(C)(C)C. The van der Waals surface area contributed by atoms with Gasteiger partial charge in [0.15, 0.2) is 6.79 Å². The van der Waals surface area contributed by atoms with Gasteiger partial charge in [-0.15, -0.1) is 0 Å². The Bertz CT molecular complexity index is 432. The van der Waals surface area contributed by atoms with Gasteiger partial charge in [0.2, 0.25) is 10.0 Å². The fraction of sp³-hybridized carbons (Fsp3) is 0.923. The molecular weight excluding hydrogens is 312 g/mol. The summed E-state index contributed by atoms with van der Waals surface area (Å²) in [6.07, 6.45) is 0.454. The van der Waals surface area contributed by atoms with Crippen LogP contribution in [0, 0.1) is 5.41 Å². The molecule has 0 spiro atoms. The van der Waals surface area contributed by atoms with Gasteiger partial charge in [0.1, 0.15) is 0 Å². The molecule has 8 nitrogen and oxygen atoms in total. The molecule has 0 radical (unpaired) electrons. The van der Waals surface area contributed by atoms with E-state index in [1.165, 1.54) is 0 Å². The van der Waals surface area contributed by atoms with Crippen molar-refractivity contribution in [2.45, 2.75) is 39.9 Å². The van der Waals surface area contributed by atoms with Crippen LogP contribution in [0.25, 0.3) is 0 Å². The number of nitrogens with one attached hydrogen (secondary N) is 1. The van der Waals surface area contributed by atoms with E-state index >= 15 is 0 Å². The largest absolute Gasteiger partial charge is 0.438 e. The van der Waals surface area contributed by atoms with Crippen LogP contribution in [0.5, 0.6) is 0 Å². The third-order valence-corrected chi connectivity index (χ3v) is 3.65. The number of esters is 1. The first-order chi connectivity index (χ1) is 9.95. The molecule has 9 heteroatoms. The average molecular weight is 340 g/mol. The van der Waals surface area contributed by atoms with Gasteiger partial charge < -0.3 is 19.9 Å². The van der Waals surface area contributed by atoms with Gasteiger partial charge in [-0.1, -0.05) is 20.8 Å². The number of carbonyl (C=O) groups is 1. The smallest absolute Gasteiger partial charge is 0.321 e. The van der Waals surface area contributed by atoms with Crippen molar-refractivity contribution in [3.63, 3.8) is 0 Å². The third-order valence-electron chi connectivity index (χ3n) is 2.96. The summed E-state index contributed by atoms with van der Waals surface area (Å²) in [5.41, 5.74) is 4.99. The van der Waals surface area contributed by atoms with Crippen molar-refractivity contribution in [1.29, 1.82) is 0 Å². The average Bonchev–Trinajstić information content (AvgIpc) is 2.37. The number of hydrogen-bond acceptors (Lipinski definition) is 7. The van der Waals surface area contributed by atoms with Crippen LogP contribution in [0.2, 0.25) is 0 Å². The molecule has 0 aromatic carbocycles. The predicted octanol–water partition coefficient (Wildman–Crippen LogP) is -0.169. The van der Waals surface area contributed by atoms with E-state index in [4.69, 9.17) is 15.2 Å². The van der Waals surface area contributed by atoms with Crippen LogP contribution in [0.3, 0.4) is 0 Å². The van der Waals surface area contributed by atoms with Gasteiger partial charge in [0.05, 0.1) is 31.6 Å². The molecule has 0 fully saturated rings. The molecule has 0 heterocycles. The number of ether oxygens (including phenoxy) is 3. The molecule has 0 saturated heterocycles. The van der Waals surface area contributed by atoms with E-state index in [-0.39, 0.29) is 38.0 Å². The Morgan fingerprint density at radius 3 is 2.36 bits per heavy atom. The lowest BCUT2D eigenvalue weighted by molar-refractivity contribution is -0.160. The van der Waals surface area contributed by atoms with Crippen LogP contribution in [0.4, 0.5) is 0 Å². The molecule has 0 rings (SSSR count). The van der Waals surface area contributed by atoms with Crippen LogP contribution < -0.4 is 10.5 Å². The molecule has 0 bridgehead atoms. The van der Waals surface area contributed by atoms with Gasteiger partial charge in [-0.2, -0.15) is 0 Å². The zero-order valence-corrected chi connectivity index (χ0v) is 14.7. The summed E-state index contributed by atoms with van der Waals surface area (Å²) >= 11 is 0. The van der Waals surface area contributed by atoms with E-state index in [1.54, 1.807) is 0 Å². The normalized spacial score (nSPS) is 15.4. The molecule has 2 atom stereocenters. The van der Waals surface area contributed by atoms with E-state index in [2.05, 4.69) is 9.46 Å². The zero-order chi connectivity index (χ0) is 17.4.